The van der Waals surface area contributed by atoms with Gasteiger partial charge in [-0.1, -0.05) is 36.4 Å². The Balaban J connectivity index is 1.63. The van der Waals surface area contributed by atoms with E-state index in [1.807, 2.05) is 54.6 Å². The predicted octanol–water partition coefficient (Wildman–Crippen LogP) is 5.27. The van der Waals surface area contributed by atoms with Crippen LogP contribution in [0.2, 0.25) is 0 Å². The Morgan fingerprint density at radius 1 is 1.14 bits per heavy atom. The van der Waals surface area contributed by atoms with Crippen LogP contribution in [0.25, 0.3) is 22.0 Å². The first-order valence-electron chi connectivity index (χ1n) is 9.52. The molecule has 1 aliphatic rings. The molecule has 1 heterocycles. The Hall–Kier alpha value is -3.73. The SMILES string of the molecule is N=C/C(=C\C(=C\Nc1ccc2c(-c3ccccc3)nccc2c1)C(=O)O)C1CC1. The van der Waals surface area contributed by atoms with E-state index in [4.69, 9.17) is 5.41 Å². The zero-order valence-electron chi connectivity index (χ0n) is 15.8. The predicted molar refractivity (Wildman–Crippen MR) is 116 cm³/mol. The van der Waals surface area contributed by atoms with Crippen molar-refractivity contribution in [2.75, 3.05) is 5.32 Å². The molecule has 29 heavy (non-hydrogen) atoms. The summed E-state index contributed by atoms with van der Waals surface area (Å²) in [5.41, 5.74) is 3.65. The molecule has 144 valence electrons. The lowest BCUT2D eigenvalue weighted by Crippen LogP contribution is -2.03. The van der Waals surface area contributed by atoms with Gasteiger partial charge in [0, 0.05) is 35.2 Å². The third kappa shape index (κ3) is 4.24. The summed E-state index contributed by atoms with van der Waals surface area (Å²) < 4.78 is 0. The zero-order valence-corrected chi connectivity index (χ0v) is 15.8. The number of nitrogens with one attached hydrogen (secondary N) is 2. The number of rotatable bonds is 7. The van der Waals surface area contributed by atoms with Gasteiger partial charge in [0.1, 0.15) is 0 Å². The summed E-state index contributed by atoms with van der Waals surface area (Å²) in [6.07, 6.45) is 8.13. The van der Waals surface area contributed by atoms with Gasteiger partial charge in [-0.05, 0) is 54.0 Å². The molecule has 0 bridgehead atoms. The molecule has 5 heteroatoms. The fraction of sp³-hybridized carbons (Fsp3) is 0.125. The standard InChI is InChI=1S/C24H21N3O2/c25-14-19(16-6-7-16)12-20(24(28)29)15-27-21-8-9-22-18(13-21)10-11-26-23(22)17-4-2-1-3-5-17/h1-5,8-16,25,27H,6-7H2,(H,28,29)/b19-12+,20-15-,25-14?. The normalized spacial score (nSPS) is 14.6. The Labute approximate surface area is 168 Å². The first-order valence-corrected chi connectivity index (χ1v) is 9.52. The number of carbonyl (C=O) groups is 1. The maximum Gasteiger partial charge on any atom is 0.337 e. The minimum absolute atomic E-state index is 0.134. The van der Waals surface area contributed by atoms with Crippen LogP contribution in [0, 0.1) is 11.3 Å². The van der Waals surface area contributed by atoms with Gasteiger partial charge in [0.25, 0.3) is 0 Å². The minimum Gasteiger partial charge on any atom is -0.478 e. The maximum absolute atomic E-state index is 11.6. The third-order valence-corrected chi connectivity index (χ3v) is 4.99. The van der Waals surface area contributed by atoms with Crippen LogP contribution in [-0.2, 0) is 4.79 Å². The Morgan fingerprint density at radius 2 is 1.93 bits per heavy atom. The van der Waals surface area contributed by atoms with Crippen LogP contribution < -0.4 is 5.32 Å². The van der Waals surface area contributed by atoms with Crippen LogP contribution in [0.15, 0.2) is 84.2 Å². The monoisotopic (exact) mass is 383 g/mol. The summed E-state index contributed by atoms with van der Waals surface area (Å²) in [6, 6.07) is 17.8. The van der Waals surface area contributed by atoms with Crippen molar-refractivity contribution in [3.63, 3.8) is 0 Å². The molecule has 3 N–H and O–H groups in total. The van der Waals surface area contributed by atoms with E-state index >= 15 is 0 Å². The van der Waals surface area contributed by atoms with E-state index in [0.717, 1.165) is 46.1 Å². The van der Waals surface area contributed by atoms with Crippen molar-refractivity contribution in [1.29, 1.82) is 5.41 Å². The van der Waals surface area contributed by atoms with Gasteiger partial charge < -0.3 is 15.8 Å². The van der Waals surface area contributed by atoms with Crippen molar-refractivity contribution in [2.24, 2.45) is 5.92 Å². The number of aromatic nitrogens is 1. The summed E-state index contributed by atoms with van der Waals surface area (Å²) in [7, 11) is 0. The van der Waals surface area contributed by atoms with E-state index in [1.165, 1.54) is 12.4 Å². The number of hydrogen-bond donors (Lipinski definition) is 3. The fourth-order valence-corrected chi connectivity index (χ4v) is 3.29. The van der Waals surface area contributed by atoms with Gasteiger partial charge in [0.15, 0.2) is 0 Å². The van der Waals surface area contributed by atoms with E-state index in [-0.39, 0.29) is 5.57 Å². The lowest BCUT2D eigenvalue weighted by Gasteiger charge is -2.08. The number of benzene rings is 2. The van der Waals surface area contributed by atoms with Gasteiger partial charge >= 0.3 is 5.97 Å². The topological polar surface area (TPSA) is 86.1 Å². The zero-order chi connectivity index (χ0) is 20.2. The summed E-state index contributed by atoms with van der Waals surface area (Å²) in [5.74, 6) is -0.700. The molecule has 0 spiro atoms. The quantitative estimate of drug-likeness (QED) is 0.295. The molecule has 0 atom stereocenters. The second-order valence-corrected chi connectivity index (χ2v) is 7.07. The molecule has 4 rings (SSSR count). The van der Waals surface area contributed by atoms with E-state index < -0.39 is 5.97 Å². The molecule has 1 aliphatic carbocycles. The van der Waals surface area contributed by atoms with Gasteiger partial charge in [-0.25, -0.2) is 4.79 Å². The van der Waals surface area contributed by atoms with Crippen molar-refractivity contribution in [2.45, 2.75) is 12.8 Å². The highest BCUT2D eigenvalue weighted by Crippen LogP contribution is 2.36. The smallest absolute Gasteiger partial charge is 0.337 e. The Morgan fingerprint density at radius 3 is 2.62 bits per heavy atom. The molecule has 0 unspecified atom stereocenters. The lowest BCUT2D eigenvalue weighted by molar-refractivity contribution is -0.132. The molecule has 1 aromatic heterocycles. The molecule has 0 aliphatic heterocycles. The number of nitrogens with zero attached hydrogens (tertiary/aromatic N) is 1. The second-order valence-electron chi connectivity index (χ2n) is 7.07. The van der Waals surface area contributed by atoms with Crippen LogP contribution in [0.4, 0.5) is 5.69 Å². The molecule has 0 amide bonds. The van der Waals surface area contributed by atoms with Gasteiger partial charge in [-0.3, -0.25) is 4.98 Å². The lowest BCUT2D eigenvalue weighted by atomic mass is 10.0. The number of allylic oxidation sites excluding steroid dienone is 1. The molecular weight excluding hydrogens is 362 g/mol. The molecule has 1 fully saturated rings. The Kier molecular flexibility index (Phi) is 5.20. The van der Waals surface area contributed by atoms with Gasteiger partial charge in [0.2, 0.25) is 0 Å². The molecule has 3 aromatic rings. The number of anilines is 1. The van der Waals surface area contributed by atoms with Crippen molar-refractivity contribution in [1.82, 2.24) is 4.98 Å². The average Bonchev–Trinajstić information content (AvgIpc) is 3.59. The highest BCUT2D eigenvalue weighted by Gasteiger charge is 2.25. The minimum atomic E-state index is -1.02. The van der Waals surface area contributed by atoms with Crippen LogP contribution in [0.3, 0.4) is 0 Å². The molecule has 1 saturated carbocycles. The highest BCUT2D eigenvalue weighted by atomic mass is 16.4. The molecule has 2 aromatic carbocycles. The largest absolute Gasteiger partial charge is 0.478 e. The van der Waals surface area contributed by atoms with Crippen molar-refractivity contribution < 1.29 is 9.90 Å². The summed E-state index contributed by atoms with van der Waals surface area (Å²) in [4.78, 5) is 16.1. The third-order valence-electron chi connectivity index (χ3n) is 4.99. The maximum atomic E-state index is 11.6. The fourth-order valence-electron chi connectivity index (χ4n) is 3.29. The number of carboxylic acids is 1. The van der Waals surface area contributed by atoms with E-state index in [0.29, 0.717) is 5.92 Å². The number of fused-ring (bicyclic) bond motifs is 1. The molecular formula is C24H21N3O2. The number of pyridine rings is 1. The van der Waals surface area contributed by atoms with Crippen molar-refractivity contribution in [3.8, 4) is 11.3 Å². The van der Waals surface area contributed by atoms with Crippen LogP contribution in [-0.4, -0.2) is 22.3 Å². The van der Waals surface area contributed by atoms with Crippen LogP contribution >= 0.6 is 0 Å². The van der Waals surface area contributed by atoms with Gasteiger partial charge in [-0.2, -0.15) is 0 Å². The molecule has 5 nitrogen and oxygen atoms in total. The average molecular weight is 383 g/mol. The number of aliphatic carboxylic acids is 1. The molecule has 0 radical (unpaired) electrons. The van der Waals surface area contributed by atoms with E-state index in [2.05, 4.69) is 10.3 Å². The first-order chi connectivity index (χ1) is 14.2. The summed E-state index contributed by atoms with van der Waals surface area (Å²) in [6.45, 7) is 0. The van der Waals surface area contributed by atoms with Crippen molar-refractivity contribution >= 4 is 28.6 Å². The van der Waals surface area contributed by atoms with Gasteiger partial charge in [0.05, 0.1) is 11.3 Å². The summed E-state index contributed by atoms with van der Waals surface area (Å²) in [5, 5.41) is 22.1. The second kappa shape index (κ2) is 8.10. The van der Waals surface area contributed by atoms with Crippen LogP contribution in [0.5, 0.6) is 0 Å². The van der Waals surface area contributed by atoms with Crippen LogP contribution in [0.1, 0.15) is 12.8 Å². The number of hydrogen-bond acceptors (Lipinski definition) is 4. The summed E-state index contributed by atoms with van der Waals surface area (Å²) >= 11 is 0. The van der Waals surface area contributed by atoms with Crippen molar-refractivity contribution in [3.05, 3.63) is 84.2 Å². The number of carboxylic acid groups (broad SMARTS) is 1. The first kappa shape index (κ1) is 18.6. The molecule has 0 saturated heterocycles. The van der Waals surface area contributed by atoms with Gasteiger partial charge in [-0.15, -0.1) is 0 Å². The van der Waals surface area contributed by atoms with E-state index in [1.54, 1.807) is 12.3 Å². The van der Waals surface area contributed by atoms with E-state index in [9.17, 15) is 9.90 Å². The highest BCUT2D eigenvalue weighted by molar-refractivity contribution is 5.96. The Bertz CT molecular complexity index is 1130.